The van der Waals surface area contributed by atoms with Gasteiger partial charge in [-0.15, -0.1) is 11.3 Å². The van der Waals surface area contributed by atoms with E-state index in [4.69, 9.17) is 10.8 Å². The summed E-state index contributed by atoms with van der Waals surface area (Å²) >= 11 is 1.29. The van der Waals surface area contributed by atoms with Gasteiger partial charge in [-0.05, 0) is 13.8 Å². The normalized spacial score (nSPS) is 14.1. The predicted molar refractivity (Wildman–Crippen MR) is 63.9 cm³/mol. The summed E-state index contributed by atoms with van der Waals surface area (Å²) in [6.45, 7) is 3.22. The third-order valence-corrected chi connectivity index (χ3v) is 3.43. The van der Waals surface area contributed by atoms with Gasteiger partial charge in [-0.3, -0.25) is 4.79 Å². The summed E-state index contributed by atoms with van der Waals surface area (Å²) in [7, 11) is 1.44. The van der Waals surface area contributed by atoms with Crippen LogP contribution in [-0.4, -0.2) is 40.0 Å². The summed E-state index contributed by atoms with van der Waals surface area (Å²) in [6, 6.07) is -1.12. The molecule has 17 heavy (non-hydrogen) atoms. The summed E-state index contributed by atoms with van der Waals surface area (Å²) in [5.41, 5.74) is 5.87. The van der Waals surface area contributed by atoms with Crippen molar-refractivity contribution in [2.75, 3.05) is 7.05 Å². The number of nitrogens with zero attached hydrogens (tertiary/aromatic N) is 2. The second kappa shape index (κ2) is 5.24. The van der Waals surface area contributed by atoms with E-state index in [1.165, 1.54) is 25.3 Å². The van der Waals surface area contributed by atoms with Crippen LogP contribution in [0, 0.1) is 0 Å². The minimum Gasteiger partial charge on any atom is -0.480 e. The molecule has 0 bridgehead atoms. The molecule has 2 atom stereocenters. The number of aliphatic carboxylic acids is 1. The maximum Gasteiger partial charge on any atom is 0.326 e. The van der Waals surface area contributed by atoms with Gasteiger partial charge < -0.3 is 15.7 Å². The largest absolute Gasteiger partial charge is 0.480 e. The summed E-state index contributed by atoms with van der Waals surface area (Å²) in [5, 5.41) is 11.1. The van der Waals surface area contributed by atoms with Gasteiger partial charge in [0.15, 0.2) is 0 Å². The van der Waals surface area contributed by atoms with Crippen molar-refractivity contribution in [3.05, 3.63) is 16.1 Å². The van der Waals surface area contributed by atoms with Gasteiger partial charge in [0.1, 0.15) is 16.7 Å². The minimum atomic E-state index is -1.05. The fourth-order valence-electron chi connectivity index (χ4n) is 1.12. The van der Waals surface area contributed by atoms with Gasteiger partial charge in [-0.25, -0.2) is 9.78 Å². The molecule has 7 heteroatoms. The third-order valence-electron chi connectivity index (χ3n) is 2.39. The van der Waals surface area contributed by atoms with E-state index in [9.17, 15) is 9.59 Å². The van der Waals surface area contributed by atoms with Crippen molar-refractivity contribution in [3.63, 3.8) is 0 Å². The van der Waals surface area contributed by atoms with Crippen LogP contribution in [0.25, 0.3) is 0 Å². The summed E-state index contributed by atoms with van der Waals surface area (Å²) in [5.74, 6) is -1.47. The van der Waals surface area contributed by atoms with Gasteiger partial charge in [0.2, 0.25) is 0 Å². The average Bonchev–Trinajstić information content (AvgIpc) is 2.75. The molecule has 0 aromatic carbocycles. The lowest BCUT2D eigenvalue weighted by Gasteiger charge is -2.20. The number of likely N-dealkylation sites (N-methyl/N-ethyl adjacent to an activating group) is 1. The van der Waals surface area contributed by atoms with Crippen molar-refractivity contribution in [3.8, 4) is 0 Å². The van der Waals surface area contributed by atoms with E-state index in [1.54, 1.807) is 12.3 Å². The number of hydrogen-bond acceptors (Lipinski definition) is 5. The number of amides is 1. The predicted octanol–water partition coefficient (Wildman–Crippen LogP) is 0.708. The van der Waals surface area contributed by atoms with Gasteiger partial charge in [-0.2, -0.15) is 0 Å². The highest BCUT2D eigenvalue weighted by molar-refractivity contribution is 7.09. The molecule has 0 aliphatic carbocycles. The molecule has 3 N–H and O–H groups in total. The van der Waals surface area contributed by atoms with E-state index < -0.39 is 17.9 Å². The molecule has 1 aromatic rings. The molecule has 6 nitrogen and oxygen atoms in total. The third kappa shape index (κ3) is 3.01. The summed E-state index contributed by atoms with van der Waals surface area (Å²) in [6.07, 6.45) is 0. The number of carboxylic acid groups (broad SMARTS) is 1. The molecule has 0 aliphatic heterocycles. The molecule has 2 unspecified atom stereocenters. The average molecular weight is 257 g/mol. The van der Waals surface area contributed by atoms with Crippen LogP contribution in [0.3, 0.4) is 0 Å². The lowest BCUT2D eigenvalue weighted by molar-refractivity contribution is -0.141. The number of rotatable bonds is 4. The second-order valence-electron chi connectivity index (χ2n) is 3.79. The van der Waals surface area contributed by atoms with Gasteiger partial charge in [0.05, 0.1) is 6.04 Å². The molecule has 94 valence electrons. The Morgan fingerprint density at radius 1 is 1.53 bits per heavy atom. The van der Waals surface area contributed by atoms with E-state index in [2.05, 4.69) is 4.98 Å². The van der Waals surface area contributed by atoms with E-state index in [-0.39, 0.29) is 11.7 Å². The van der Waals surface area contributed by atoms with Crippen molar-refractivity contribution < 1.29 is 14.7 Å². The van der Waals surface area contributed by atoms with Gasteiger partial charge in [0.25, 0.3) is 5.91 Å². The van der Waals surface area contributed by atoms with Crippen molar-refractivity contribution in [2.24, 2.45) is 5.73 Å². The number of carbonyl (C=O) groups is 2. The molecule has 0 aliphatic rings. The zero-order valence-electron chi connectivity index (χ0n) is 9.88. The van der Waals surface area contributed by atoms with Crippen molar-refractivity contribution in [2.45, 2.75) is 25.9 Å². The van der Waals surface area contributed by atoms with E-state index in [1.807, 2.05) is 0 Å². The van der Waals surface area contributed by atoms with Gasteiger partial charge in [-0.1, -0.05) is 0 Å². The van der Waals surface area contributed by atoms with Crippen LogP contribution in [0.15, 0.2) is 5.38 Å². The molecule has 0 saturated heterocycles. The zero-order chi connectivity index (χ0) is 13.2. The second-order valence-corrected chi connectivity index (χ2v) is 4.68. The highest BCUT2D eigenvalue weighted by Gasteiger charge is 2.24. The Balaban J connectivity index is 2.85. The van der Waals surface area contributed by atoms with Crippen molar-refractivity contribution >= 4 is 23.2 Å². The molecule has 0 fully saturated rings. The smallest absolute Gasteiger partial charge is 0.326 e. The molecule has 0 saturated carbocycles. The van der Waals surface area contributed by atoms with Crippen LogP contribution in [-0.2, 0) is 4.79 Å². The molecule has 1 aromatic heterocycles. The Bertz CT molecular complexity index is 430. The molecule has 1 amide bonds. The monoisotopic (exact) mass is 257 g/mol. The maximum absolute atomic E-state index is 11.9. The molecule has 0 spiro atoms. The van der Waals surface area contributed by atoms with E-state index in [0.717, 1.165) is 4.90 Å². The van der Waals surface area contributed by atoms with E-state index in [0.29, 0.717) is 5.01 Å². The lowest BCUT2D eigenvalue weighted by Crippen LogP contribution is -2.40. The molecular formula is C10H15N3O3S. The quantitative estimate of drug-likeness (QED) is 0.828. The van der Waals surface area contributed by atoms with E-state index >= 15 is 0 Å². The summed E-state index contributed by atoms with van der Waals surface area (Å²) in [4.78, 5) is 27.9. The molecule has 1 heterocycles. The first-order valence-electron chi connectivity index (χ1n) is 5.05. The number of thiazole rings is 1. The first kappa shape index (κ1) is 13.6. The number of nitrogens with two attached hydrogens (primary N) is 1. The fourth-order valence-corrected chi connectivity index (χ4v) is 1.87. The Morgan fingerprint density at radius 2 is 2.12 bits per heavy atom. The van der Waals surface area contributed by atoms with Crippen LogP contribution in [0.5, 0.6) is 0 Å². The topological polar surface area (TPSA) is 96.5 Å². The summed E-state index contributed by atoms with van der Waals surface area (Å²) < 4.78 is 0. The van der Waals surface area contributed by atoms with Gasteiger partial charge in [0, 0.05) is 12.4 Å². The first-order valence-corrected chi connectivity index (χ1v) is 5.93. The van der Waals surface area contributed by atoms with Crippen LogP contribution >= 0.6 is 11.3 Å². The number of aromatic nitrogens is 1. The Labute approximate surface area is 103 Å². The first-order chi connectivity index (χ1) is 7.84. The Kier molecular flexibility index (Phi) is 4.19. The molecular weight excluding hydrogens is 242 g/mol. The fraction of sp³-hybridized carbons (Fsp3) is 0.500. The number of carbonyl (C=O) groups excluding carboxylic acids is 1. The standard InChI is InChI=1S/C10H15N3O3S/c1-5(11)8-12-7(4-17-8)9(14)13(3)6(2)10(15)16/h4-6H,11H2,1-3H3,(H,15,16). The zero-order valence-corrected chi connectivity index (χ0v) is 10.7. The van der Waals surface area contributed by atoms with Crippen molar-refractivity contribution in [1.82, 2.24) is 9.88 Å². The maximum atomic E-state index is 11.9. The van der Waals surface area contributed by atoms with Gasteiger partial charge >= 0.3 is 5.97 Å². The molecule has 0 radical (unpaired) electrons. The Morgan fingerprint density at radius 3 is 2.53 bits per heavy atom. The SMILES string of the molecule is CC(N)c1nc(C(=O)N(C)C(C)C(=O)O)cs1. The van der Waals surface area contributed by atoms with Crippen LogP contribution in [0.2, 0.25) is 0 Å². The lowest BCUT2D eigenvalue weighted by atomic mass is 10.3. The number of carboxylic acids is 1. The molecule has 1 rings (SSSR count). The highest BCUT2D eigenvalue weighted by atomic mass is 32.1. The highest BCUT2D eigenvalue weighted by Crippen LogP contribution is 2.17. The Hall–Kier alpha value is -1.47. The number of hydrogen-bond donors (Lipinski definition) is 2. The van der Waals surface area contributed by atoms with Crippen molar-refractivity contribution in [1.29, 1.82) is 0 Å². The van der Waals surface area contributed by atoms with Crippen LogP contribution in [0.1, 0.15) is 35.4 Å². The van der Waals surface area contributed by atoms with Crippen LogP contribution in [0.4, 0.5) is 0 Å². The van der Waals surface area contributed by atoms with Crippen LogP contribution < -0.4 is 5.73 Å². The minimum absolute atomic E-state index is 0.233.